The number of aryl methyl sites for hydroxylation is 2. The SMILES string of the molecule is Cc1ccc(C2CC(=O)NC(=O)C2C(C)C)cc1C. The standard InChI is InChI=1S/C16H21NO2/c1-9(2)15-13(8-14(18)17-16(15)19)12-6-5-10(3)11(4)7-12/h5-7,9,13,15H,8H2,1-4H3,(H,17,18,19). The van der Waals surface area contributed by atoms with E-state index in [-0.39, 0.29) is 29.6 Å². The van der Waals surface area contributed by atoms with E-state index in [1.54, 1.807) is 0 Å². The van der Waals surface area contributed by atoms with E-state index in [4.69, 9.17) is 0 Å². The molecular weight excluding hydrogens is 238 g/mol. The first-order valence-corrected chi connectivity index (χ1v) is 6.81. The first-order valence-electron chi connectivity index (χ1n) is 6.81. The van der Waals surface area contributed by atoms with E-state index in [0.717, 1.165) is 5.56 Å². The fraction of sp³-hybridized carbons (Fsp3) is 0.500. The largest absolute Gasteiger partial charge is 0.296 e. The minimum atomic E-state index is -0.162. The lowest BCUT2D eigenvalue weighted by Gasteiger charge is -2.33. The summed E-state index contributed by atoms with van der Waals surface area (Å²) in [6.45, 7) is 8.20. The van der Waals surface area contributed by atoms with E-state index in [1.165, 1.54) is 11.1 Å². The summed E-state index contributed by atoms with van der Waals surface area (Å²) in [7, 11) is 0. The Balaban J connectivity index is 2.40. The highest BCUT2D eigenvalue weighted by Crippen LogP contribution is 2.36. The lowest BCUT2D eigenvalue weighted by atomic mass is 9.74. The molecule has 0 radical (unpaired) electrons. The second-order valence-corrected chi connectivity index (χ2v) is 5.84. The molecule has 1 aromatic rings. The number of benzene rings is 1. The van der Waals surface area contributed by atoms with Crippen LogP contribution < -0.4 is 5.32 Å². The Hall–Kier alpha value is -1.64. The molecule has 0 aliphatic carbocycles. The van der Waals surface area contributed by atoms with Crippen molar-refractivity contribution in [2.45, 2.75) is 40.0 Å². The molecule has 1 fully saturated rings. The van der Waals surface area contributed by atoms with E-state index in [1.807, 2.05) is 19.9 Å². The van der Waals surface area contributed by atoms with Gasteiger partial charge in [0, 0.05) is 18.3 Å². The fourth-order valence-corrected chi connectivity index (χ4v) is 2.87. The number of nitrogens with one attached hydrogen (secondary N) is 1. The predicted octanol–water partition coefficient (Wildman–Crippen LogP) is 2.71. The molecule has 19 heavy (non-hydrogen) atoms. The van der Waals surface area contributed by atoms with Crippen LogP contribution in [-0.4, -0.2) is 11.8 Å². The van der Waals surface area contributed by atoms with E-state index < -0.39 is 0 Å². The Morgan fingerprint density at radius 3 is 2.42 bits per heavy atom. The average molecular weight is 259 g/mol. The maximum atomic E-state index is 12.0. The van der Waals surface area contributed by atoms with Gasteiger partial charge < -0.3 is 0 Å². The van der Waals surface area contributed by atoms with Crippen molar-refractivity contribution in [2.75, 3.05) is 0 Å². The van der Waals surface area contributed by atoms with Crippen molar-refractivity contribution in [2.24, 2.45) is 11.8 Å². The van der Waals surface area contributed by atoms with Gasteiger partial charge in [-0.15, -0.1) is 0 Å². The Labute approximate surface area is 114 Å². The summed E-state index contributed by atoms with van der Waals surface area (Å²) in [5.41, 5.74) is 3.54. The topological polar surface area (TPSA) is 46.2 Å². The number of imide groups is 1. The smallest absolute Gasteiger partial charge is 0.230 e. The van der Waals surface area contributed by atoms with Crippen LogP contribution in [0.2, 0.25) is 0 Å². The minimum Gasteiger partial charge on any atom is -0.296 e. The van der Waals surface area contributed by atoms with Gasteiger partial charge in [0.15, 0.2) is 0 Å². The van der Waals surface area contributed by atoms with Crippen LogP contribution in [0.1, 0.15) is 42.9 Å². The molecular formula is C16H21NO2. The van der Waals surface area contributed by atoms with Crippen LogP contribution in [-0.2, 0) is 9.59 Å². The third-order valence-corrected chi connectivity index (χ3v) is 4.08. The van der Waals surface area contributed by atoms with Crippen LogP contribution in [0.5, 0.6) is 0 Å². The lowest BCUT2D eigenvalue weighted by molar-refractivity contribution is -0.138. The van der Waals surface area contributed by atoms with Crippen LogP contribution in [0, 0.1) is 25.7 Å². The van der Waals surface area contributed by atoms with Gasteiger partial charge in [-0.2, -0.15) is 0 Å². The molecule has 1 saturated heterocycles. The van der Waals surface area contributed by atoms with Gasteiger partial charge >= 0.3 is 0 Å². The Morgan fingerprint density at radius 1 is 1.16 bits per heavy atom. The van der Waals surface area contributed by atoms with E-state index in [0.29, 0.717) is 6.42 Å². The Bertz CT molecular complexity index is 519. The van der Waals surface area contributed by atoms with Crippen LogP contribution in [0.25, 0.3) is 0 Å². The molecule has 2 rings (SSSR count). The van der Waals surface area contributed by atoms with Gasteiger partial charge in [0.1, 0.15) is 0 Å². The summed E-state index contributed by atoms with van der Waals surface area (Å²) in [6.07, 6.45) is 0.400. The quantitative estimate of drug-likeness (QED) is 0.830. The summed E-state index contributed by atoms with van der Waals surface area (Å²) < 4.78 is 0. The molecule has 1 N–H and O–H groups in total. The molecule has 1 aliphatic rings. The molecule has 2 amide bonds. The van der Waals surface area contributed by atoms with Crippen LogP contribution in [0.15, 0.2) is 18.2 Å². The molecule has 3 nitrogen and oxygen atoms in total. The van der Waals surface area contributed by atoms with E-state index in [2.05, 4.69) is 31.3 Å². The summed E-state index contributed by atoms with van der Waals surface area (Å²) in [5, 5.41) is 2.46. The van der Waals surface area contributed by atoms with Gasteiger partial charge in [-0.3, -0.25) is 14.9 Å². The van der Waals surface area contributed by atoms with Crippen molar-refractivity contribution in [1.82, 2.24) is 5.32 Å². The van der Waals surface area contributed by atoms with Gasteiger partial charge in [0.05, 0.1) is 0 Å². The monoisotopic (exact) mass is 259 g/mol. The number of hydrogen-bond acceptors (Lipinski definition) is 2. The molecule has 0 saturated carbocycles. The van der Waals surface area contributed by atoms with Crippen molar-refractivity contribution in [3.05, 3.63) is 34.9 Å². The maximum absolute atomic E-state index is 12.0. The zero-order chi connectivity index (χ0) is 14.2. The molecule has 2 atom stereocenters. The average Bonchev–Trinajstić information content (AvgIpc) is 2.31. The van der Waals surface area contributed by atoms with Crippen LogP contribution >= 0.6 is 0 Å². The van der Waals surface area contributed by atoms with Crippen molar-refractivity contribution in [3.63, 3.8) is 0 Å². The highest BCUT2D eigenvalue weighted by Gasteiger charge is 2.38. The number of hydrogen-bond donors (Lipinski definition) is 1. The van der Waals surface area contributed by atoms with Crippen molar-refractivity contribution in [1.29, 1.82) is 0 Å². The zero-order valence-electron chi connectivity index (χ0n) is 12.0. The number of rotatable bonds is 2. The van der Waals surface area contributed by atoms with Crippen LogP contribution in [0.4, 0.5) is 0 Å². The summed E-state index contributed by atoms with van der Waals surface area (Å²) in [4.78, 5) is 23.7. The molecule has 0 aromatic heterocycles. The molecule has 0 bridgehead atoms. The second-order valence-electron chi connectivity index (χ2n) is 5.84. The van der Waals surface area contributed by atoms with Gasteiger partial charge in [-0.05, 0) is 36.5 Å². The third-order valence-electron chi connectivity index (χ3n) is 4.08. The normalized spacial score (nSPS) is 23.6. The molecule has 1 aliphatic heterocycles. The number of amides is 2. The highest BCUT2D eigenvalue weighted by atomic mass is 16.2. The van der Waals surface area contributed by atoms with Gasteiger partial charge in [0.2, 0.25) is 11.8 Å². The molecule has 1 aromatic carbocycles. The van der Waals surface area contributed by atoms with Crippen molar-refractivity contribution in [3.8, 4) is 0 Å². The molecule has 2 unspecified atom stereocenters. The number of piperidine rings is 1. The van der Waals surface area contributed by atoms with Gasteiger partial charge in [-0.25, -0.2) is 0 Å². The number of carbonyl (C=O) groups is 2. The van der Waals surface area contributed by atoms with Crippen LogP contribution in [0.3, 0.4) is 0 Å². The summed E-state index contributed by atoms with van der Waals surface area (Å²) in [6, 6.07) is 6.23. The summed E-state index contributed by atoms with van der Waals surface area (Å²) in [5.74, 6) is -0.195. The lowest BCUT2D eigenvalue weighted by Crippen LogP contribution is -2.46. The Morgan fingerprint density at radius 2 is 1.84 bits per heavy atom. The van der Waals surface area contributed by atoms with Gasteiger partial charge in [-0.1, -0.05) is 32.0 Å². The van der Waals surface area contributed by atoms with Gasteiger partial charge in [0.25, 0.3) is 0 Å². The van der Waals surface area contributed by atoms with E-state index in [9.17, 15) is 9.59 Å². The molecule has 1 heterocycles. The predicted molar refractivity (Wildman–Crippen MR) is 74.8 cm³/mol. The zero-order valence-corrected chi connectivity index (χ0v) is 12.0. The Kier molecular flexibility index (Phi) is 3.74. The first kappa shape index (κ1) is 13.8. The minimum absolute atomic E-state index is 0.000509. The highest BCUT2D eigenvalue weighted by molar-refractivity contribution is 6.00. The third kappa shape index (κ3) is 2.70. The number of carbonyl (C=O) groups excluding carboxylic acids is 2. The molecule has 3 heteroatoms. The van der Waals surface area contributed by atoms with E-state index >= 15 is 0 Å². The molecule has 0 spiro atoms. The maximum Gasteiger partial charge on any atom is 0.230 e. The second kappa shape index (κ2) is 5.16. The molecule has 102 valence electrons. The first-order chi connectivity index (χ1) is 8.90. The van der Waals surface area contributed by atoms with Crippen molar-refractivity contribution < 1.29 is 9.59 Å². The van der Waals surface area contributed by atoms with Crippen molar-refractivity contribution >= 4 is 11.8 Å². The summed E-state index contributed by atoms with van der Waals surface area (Å²) >= 11 is 0. The fourth-order valence-electron chi connectivity index (χ4n) is 2.87.